The van der Waals surface area contributed by atoms with Crippen LogP contribution in [0.25, 0.3) is 0 Å². The number of rotatable bonds is 9. The summed E-state index contributed by atoms with van der Waals surface area (Å²) in [6.45, 7) is 9.00. The van der Waals surface area contributed by atoms with Crippen LogP contribution in [-0.4, -0.2) is 32.4 Å². The van der Waals surface area contributed by atoms with Crippen LogP contribution in [0.5, 0.6) is 17.2 Å². The summed E-state index contributed by atoms with van der Waals surface area (Å²) >= 11 is 0. The summed E-state index contributed by atoms with van der Waals surface area (Å²) in [6, 6.07) is 13.2. The van der Waals surface area contributed by atoms with Crippen LogP contribution in [0.2, 0.25) is 0 Å². The fraction of sp³-hybridized carbons (Fsp3) is 0.391. The number of nitrogens with zero attached hydrogens (tertiary/aromatic N) is 1. The predicted molar refractivity (Wildman–Crippen MR) is 115 cm³/mol. The predicted octanol–water partition coefficient (Wildman–Crippen LogP) is 4.31. The Morgan fingerprint density at radius 2 is 1.79 bits per heavy atom. The second kappa shape index (κ2) is 10.5. The van der Waals surface area contributed by atoms with Crippen molar-refractivity contribution in [1.29, 1.82) is 0 Å². The van der Waals surface area contributed by atoms with Gasteiger partial charge in [-0.3, -0.25) is 4.79 Å². The summed E-state index contributed by atoms with van der Waals surface area (Å²) < 4.78 is 16.5. The van der Waals surface area contributed by atoms with Gasteiger partial charge in [0.1, 0.15) is 5.75 Å². The highest BCUT2D eigenvalue weighted by molar-refractivity contribution is 5.83. The third kappa shape index (κ3) is 7.14. The molecule has 0 fully saturated rings. The molecule has 0 aliphatic rings. The third-order valence-electron chi connectivity index (χ3n) is 4.14. The van der Waals surface area contributed by atoms with Crippen molar-refractivity contribution in [3.05, 3.63) is 53.6 Å². The van der Waals surface area contributed by atoms with Crippen molar-refractivity contribution in [1.82, 2.24) is 5.43 Å². The van der Waals surface area contributed by atoms with Crippen LogP contribution in [0.1, 0.15) is 45.2 Å². The zero-order chi connectivity index (χ0) is 21.3. The molecule has 0 aromatic heterocycles. The summed E-state index contributed by atoms with van der Waals surface area (Å²) in [5.41, 5.74) is 4.52. The smallest absolute Gasteiger partial charge is 0.277 e. The molecule has 2 rings (SSSR count). The lowest BCUT2D eigenvalue weighted by atomic mass is 9.87. The number of amides is 1. The first-order valence-electron chi connectivity index (χ1n) is 9.69. The van der Waals surface area contributed by atoms with Gasteiger partial charge in [0.05, 0.1) is 19.9 Å². The molecule has 0 heterocycles. The van der Waals surface area contributed by atoms with Gasteiger partial charge in [-0.05, 0) is 53.3 Å². The van der Waals surface area contributed by atoms with Crippen molar-refractivity contribution in [3.63, 3.8) is 0 Å². The fourth-order valence-electron chi connectivity index (χ4n) is 2.51. The number of nitrogens with one attached hydrogen (secondary N) is 1. The van der Waals surface area contributed by atoms with Crippen LogP contribution in [0, 0.1) is 0 Å². The minimum atomic E-state index is -0.337. The zero-order valence-corrected chi connectivity index (χ0v) is 17.8. The summed E-state index contributed by atoms with van der Waals surface area (Å²) in [5, 5.41) is 3.97. The maximum absolute atomic E-state index is 11.9. The topological polar surface area (TPSA) is 69.2 Å². The van der Waals surface area contributed by atoms with Crippen LogP contribution < -0.4 is 19.6 Å². The van der Waals surface area contributed by atoms with Gasteiger partial charge >= 0.3 is 0 Å². The first-order chi connectivity index (χ1) is 13.8. The van der Waals surface area contributed by atoms with Crippen LogP contribution >= 0.6 is 0 Å². The van der Waals surface area contributed by atoms with E-state index in [4.69, 9.17) is 14.2 Å². The lowest BCUT2D eigenvalue weighted by Crippen LogP contribution is -2.24. The van der Waals surface area contributed by atoms with E-state index < -0.39 is 0 Å². The van der Waals surface area contributed by atoms with E-state index >= 15 is 0 Å². The van der Waals surface area contributed by atoms with Crippen molar-refractivity contribution in [2.75, 3.05) is 20.3 Å². The van der Waals surface area contributed by atoms with E-state index in [0.717, 1.165) is 12.0 Å². The normalized spacial score (nSPS) is 11.3. The number of hydrogen-bond acceptors (Lipinski definition) is 5. The molecule has 29 heavy (non-hydrogen) atoms. The minimum absolute atomic E-state index is 0.0770. The second-order valence-electron chi connectivity index (χ2n) is 7.61. The van der Waals surface area contributed by atoms with Gasteiger partial charge in [0.25, 0.3) is 5.91 Å². The van der Waals surface area contributed by atoms with E-state index in [2.05, 4.69) is 31.3 Å². The molecule has 0 bridgehead atoms. The van der Waals surface area contributed by atoms with Gasteiger partial charge in [-0.1, -0.05) is 39.8 Å². The van der Waals surface area contributed by atoms with Crippen LogP contribution in [-0.2, 0) is 10.2 Å². The Bertz CT molecular complexity index is 824. The van der Waals surface area contributed by atoms with E-state index in [-0.39, 0.29) is 17.9 Å². The van der Waals surface area contributed by atoms with Crippen molar-refractivity contribution < 1.29 is 19.0 Å². The average molecular weight is 399 g/mol. The first-order valence-corrected chi connectivity index (χ1v) is 9.69. The van der Waals surface area contributed by atoms with E-state index in [1.807, 2.05) is 43.3 Å². The molecule has 6 nitrogen and oxygen atoms in total. The Morgan fingerprint density at radius 1 is 1.07 bits per heavy atom. The highest BCUT2D eigenvalue weighted by Gasteiger charge is 2.13. The number of methoxy groups -OCH3 is 1. The van der Waals surface area contributed by atoms with Crippen molar-refractivity contribution in [2.24, 2.45) is 5.10 Å². The molecule has 156 valence electrons. The van der Waals surface area contributed by atoms with Gasteiger partial charge in [-0.2, -0.15) is 5.10 Å². The van der Waals surface area contributed by atoms with Gasteiger partial charge in [0.2, 0.25) is 0 Å². The van der Waals surface area contributed by atoms with Gasteiger partial charge in [-0.15, -0.1) is 0 Å². The monoisotopic (exact) mass is 398 g/mol. The van der Waals surface area contributed by atoms with Crippen molar-refractivity contribution in [3.8, 4) is 17.2 Å². The molecular formula is C23H30N2O4. The molecule has 0 spiro atoms. The van der Waals surface area contributed by atoms with E-state index in [1.165, 1.54) is 5.56 Å². The maximum Gasteiger partial charge on any atom is 0.277 e. The lowest BCUT2D eigenvalue weighted by molar-refractivity contribution is -0.123. The van der Waals surface area contributed by atoms with Crippen molar-refractivity contribution in [2.45, 2.75) is 39.5 Å². The molecule has 2 aromatic rings. The Morgan fingerprint density at radius 3 is 2.41 bits per heavy atom. The van der Waals surface area contributed by atoms with Crippen LogP contribution in [0.15, 0.2) is 47.6 Å². The summed E-state index contributed by atoms with van der Waals surface area (Å²) in [4.78, 5) is 11.9. The van der Waals surface area contributed by atoms with E-state index in [0.29, 0.717) is 23.9 Å². The minimum Gasteiger partial charge on any atom is -0.493 e. The Labute approximate surface area is 172 Å². The van der Waals surface area contributed by atoms with Gasteiger partial charge in [0, 0.05) is 0 Å². The van der Waals surface area contributed by atoms with E-state index in [1.54, 1.807) is 19.4 Å². The quantitative estimate of drug-likeness (QED) is 0.505. The Balaban J connectivity index is 1.84. The van der Waals surface area contributed by atoms with Crippen molar-refractivity contribution >= 4 is 12.1 Å². The van der Waals surface area contributed by atoms with Gasteiger partial charge < -0.3 is 14.2 Å². The Kier molecular flexibility index (Phi) is 8.07. The summed E-state index contributed by atoms with van der Waals surface area (Å²) in [5.74, 6) is 1.61. The molecule has 0 aliphatic heterocycles. The largest absolute Gasteiger partial charge is 0.493 e. The number of carbonyl (C=O) groups excluding carboxylic acids is 1. The number of hydrogen-bond donors (Lipinski definition) is 1. The first kappa shape index (κ1) is 22.3. The molecular weight excluding hydrogens is 368 g/mol. The molecule has 6 heteroatoms. The highest BCUT2D eigenvalue weighted by atomic mass is 16.5. The number of ether oxygens (including phenoxy) is 3. The molecule has 2 aromatic carbocycles. The summed E-state index contributed by atoms with van der Waals surface area (Å²) in [6.07, 6.45) is 2.46. The second-order valence-corrected chi connectivity index (χ2v) is 7.61. The molecule has 0 saturated heterocycles. The fourth-order valence-corrected chi connectivity index (χ4v) is 2.51. The van der Waals surface area contributed by atoms with Gasteiger partial charge in [0.15, 0.2) is 18.1 Å². The molecule has 1 amide bonds. The molecule has 0 unspecified atom stereocenters. The molecule has 0 aliphatic carbocycles. The third-order valence-corrected chi connectivity index (χ3v) is 4.14. The Hall–Kier alpha value is -3.02. The van der Waals surface area contributed by atoms with Crippen LogP contribution in [0.4, 0.5) is 0 Å². The zero-order valence-electron chi connectivity index (χ0n) is 17.8. The number of benzene rings is 2. The molecule has 0 radical (unpaired) electrons. The maximum atomic E-state index is 11.9. The highest BCUT2D eigenvalue weighted by Crippen LogP contribution is 2.27. The number of hydrazone groups is 1. The van der Waals surface area contributed by atoms with Crippen LogP contribution in [0.3, 0.4) is 0 Å². The standard InChI is InChI=1S/C23H30N2O4/c1-6-13-28-20-12-7-17(14-21(20)27-5)15-24-25-22(26)16-29-19-10-8-18(9-11-19)23(2,3)4/h7-12,14-15H,6,13,16H2,1-5H3,(H,25,26)/b24-15+. The number of carbonyl (C=O) groups is 1. The molecule has 1 N–H and O–H groups in total. The average Bonchev–Trinajstić information content (AvgIpc) is 2.70. The van der Waals surface area contributed by atoms with Gasteiger partial charge in [-0.25, -0.2) is 5.43 Å². The molecule has 0 saturated carbocycles. The summed E-state index contributed by atoms with van der Waals surface area (Å²) in [7, 11) is 1.59. The SMILES string of the molecule is CCCOc1ccc(/C=N/NC(=O)COc2ccc(C(C)(C)C)cc2)cc1OC. The lowest BCUT2D eigenvalue weighted by Gasteiger charge is -2.19. The van der Waals surface area contributed by atoms with E-state index in [9.17, 15) is 4.79 Å². The molecule has 0 atom stereocenters.